The molecule has 0 radical (unpaired) electrons. The fourth-order valence-electron chi connectivity index (χ4n) is 2.43. The predicted molar refractivity (Wildman–Crippen MR) is 87.0 cm³/mol. The molecule has 2 rings (SSSR count). The second-order valence-electron chi connectivity index (χ2n) is 5.81. The number of Topliss-reactive ketones (excluding diaryl/α,β-unsaturated/α-hetero) is 1. The summed E-state index contributed by atoms with van der Waals surface area (Å²) in [5.41, 5.74) is 2.55. The first-order chi connectivity index (χ1) is 10.8. The molecular formula is C17H20N2O4. The molecule has 23 heavy (non-hydrogen) atoms. The number of allylic oxidation sites excluding steroid dienone is 2. The van der Waals surface area contributed by atoms with Crippen LogP contribution in [-0.2, 0) is 4.79 Å². The summed E-state index contributed by atoms with van der Waals surface area (Å²) in [5.74, 6) is -0.220. The van der Waals surface area contributed by atoms with E-state index in [1.54, 1.807) is 26.0 Å². The Morgan fingerprint density at radius 3 is 2.65 bits per heavy atom. The van der Waals surface area contributed by atoms with Crippen molar-refractivity contribution in [2.45, 2.75) is 19.4 Å². The van der Waals surface area contributed by atoms with Crippen LogP contribution in [-0.4, -0.2) is 36.6 Å². The lowest BCUT2D eigenvalue weighted by Gasteiger charge is -2.19. The van der Waals surface area contributed by atoms with Gasteiger partial charge in [-0.3, -0.25) is 14.8 Å². The molecule has 0 saturated heterocycles. The highest BCUT2D eigenvalue weighted by Crippen LogP contribution is 2.38. The van der Waals surface area contributed by atoms with E-state index in [0.717, 1.165) is 5.69 Å². The number of nitrogens with zero attached hydrogens (tertiary/aromatic N) is 1. The van der Waals surface area contributed by atoms with Crippen molar-refractivity contribution < 1.29 is 19.5 Å². The van der Waals surface area contributed by atoms with E-state index in [1.807, 2.05) is 31.1 Å². The van der Waals surface area contributed by atoms with E-state index in [2.05, 4.69) is 0 Å². The minimum Gasteiger partial charge on any atom is -0.474 e. The van der Waals surface area contributed by atoms with Crippen molar-refractivity contribution >= 4 is 17.4 Å². The van der Waals surface area contributed by atoms with Gasteiger partial charge in [-0.2, -0.15) is 0 Å². The summed E-state index contributed by atoms with van der Waals surface area (Å²) >= 11 is 0. The van der Waals surface area contributed by atoms with Gasteiger partial charge in [0, 0.05) is 31.9 Å². The molecule has 1 aliphatic heterocycles. The van der Waals surface area contributed by atoms with Gasteiger partial charge in [-0.05, 0) is 32.1 Å². The van der Waals surface area contributed by atoms with E-state index in [-0.39, 0.29) is 5.78 Å². The number of rotatable bonds is 4. The second kappa shape index (κ2) is 6.26. The van der Waals surface area contributed by atoms with E-state index >= 15 is 0 Å². The molecule has 0 aliphatic carbocycles. The Morgan fingerprint density at radius 2 is 2.04 bits per heavy atom. The number of ether oxygens (including phenoxy) is 1. The lowest BCUT2D eigenvalue weighted by molar-refractivity contribution is -0.124. The fourth-order valence-corrected chi connectivity index (χ4v) is 2.43. The van der Waals surface area contributed by atoms with Crippen molar-refractivity contribution in [3.63, 3.8) is 0 Å². The van der Waals surface area contributed by atoms with Crippen LogP contribution in [0.25, 0.3) is 0 Å². The summed E-state index contributed by atoms with van der Waals surface area (Å²) < 4.78 is 5.86. The number of hydroxylamine groups is 1. The van der Waals surface area contributed by atoms with Gasteiger partial charge in [-0.1, -0.05) is 11.6 Å². The van der Waals surface area contributed by atoms with Gasteiger partial charge in [-0.25, -0.2) is 5.48 Å². The topological polar surface area (TPSA) is 78.9 Å². The molecule has 6 heteroatoms. The average Bonchev–Trinajstić information content (AvgIpc) is 2.75. The van der Waals surface area contributed by atoms with Crippen molar-refractivity contribution in [3.05, 3.63) is 47.6 Å². The van der Waals surface area contributed by atoms with Gasteiger partial charge in [0.15, 0.2) is 5.60 Å². The molecule has 1 atom stereocenters. The molecule has 2 N–H and O–H groups in total. The van der Waals surface area contributed by atoms with Crippen LogP contribution >= 0.6 is 0 Å². The molecule has 0 spiro atoms. The Bertz CT molecular complexity index is 707. The zero-order valence-electron chi connectivity index (χ0n) is 13.6. The van der Waals surface area contributed by atoms with E-state index in [4.69, 9.17) is 9.94 Å². The average molecular weight is 316 g/mol. The molecule has 122 valence electrons. The number of hydrogen-bond acceptors (Lipinski definition) is 5. The molecule has 0 fully saturated rings. The van der Waals surface area contributed by atoms with Crippen molar-refractivity contribution in [2.24, 2.45) is 0 Å². The van der Waals surface area contributed by atoms with Gasteiger partial charge in [0.05, 0.1) is 5.56 Å². The zero-order valence-corrected chi connectivity index (χ0v) is 13.6. The first-order valence-electron chi connectivity index (χ1n) is 7.13. The SMILES string of the molecule is CC(/C=C/C(=O)NO)=C\C1(C)Oc2cc(N(C)C)ccc2C1=O. The third-order valence-electron chi connectivity index (χ3n) is 3.61. The first kappa shape index (κ1) is 16.8. The predicted octanol–water partition coefficient (Wildman–Crippen LogP) is 2.09. The summed E-state index contributed by atoms with van der Waals surface area (Å²) in [7, 11) is 3.83. The lowest BCUT2D eigenvalue weighted by Crippen LogP contribution is -2.34. The molecule has 0 saturated carbocycles. The molecule has 1 aromatic carbocycles. The highest BCUT2D eigenvalue weighted by Gasteiger charge is 2.42. The van der Waals surface area contributed by atoms with Crippen LogP contribution < -0.4 is 15.1 Å². The summed E-state index contributed by atoms with van der Waals surface area (Å²) in [4.78, 5) is 25.5. The Balaban J connectivity index is 2.29. The number of amides is 1. The van der Waals surface area contributed by atoms with Gasteiger partial charge in [0.2, 0.25) is 5.78 Å². The Morgan fingerprint density at radius 1 is 1.35 bits per heavy atom. The molecule has 0 aromatic heterocycles. The minimum absolute atomic E-state index is 0.128. The van der Waals surface area contributed by atoms with Crippen molar-refractivity contribution in [2.75, 3.05) is 19.0 Å². The number of hydrogen-bond donors (Lipinski definition) is 2. The van der Waals surface area contributed by atoms with Crippen LogP contribution in [0.2, 0.25) is 0 Å². The fraction of sp³-hybridized carbons (Fsp3) is 0.294. The van der Waals surface area contributed by atoms with Gasteiger partial charge in [0.25, 0.3) is 5.91 Å². The number of nitrogens with one attached hydrogen (secondary N) is 1. The van der Waals surface area contributed by atoms with Crippen LogP contribution in [0.5, 0.6) is 5.75 Å². The van der Waals surface area contributed by atoms with Crippen LogP contribution in [0.3, 0.4) is 0 Å². The van der Waals surface area contributed by atoms with E-state index in [9.17, 15) is 9.59 Å². The number of fused-ring (bicyclic) bond motifs is 1. The Hall–Kier alpha value is -2.60. The molecule has 0 bridgehead atoms. The van der Waals surface area contributed by atoms with Gasteiger partial charge in [-0.15, -0.1) is 0 Å². The maximum absolute atomic E-state index is 12.6. The largest absolute Gasteiger partial charge is 0.474 e. The number of anilines is 1. The highest BCUT2D eigenvalue weighted by molar-refractivity contribution is 6.09. The van der Waals surface area contributed by atoms with Gasteiger partial charge < -0.3 is 9.64 Å². The van der Waals surface area contributed by atoms with E-state index in [0.29, 0.717) is 16.9 Å². The number of carbonyl (C=O) groups is 2. The van der Waals surface area contributed by atoms with Crippen LogP contribution in [0.15, 0.2) is 42.0 Å². The van der Waals surface area contributed by atoms with Gasteiger partial charge >= 0.3 is 0 Å². The maximum Gasteiger partial charge on any atom is 0.267 e. The van der Waals surface area contributed by atoms with Crippen molar-refractivity contribution in [1.82, 2.24) is 5.48 Å². The molecule has 1 amide bonds. The monoisotopic (exact) mass is 316 g/mol. The number of benzene rings is 1. The maximum atomic E-state index is 12.6. The first-order valence-corrected chi connectivity index (χ1v) is 7.13. The third-order valence-corrected chi connectivity index (χ3v) is 3.61. The molecule has 1 aromatic rings. The summed E-state index contributed by atoms with van der Waals surface area (Å²) in [6.45, 7) is 3.44. The minimum atomic E-state index is -1.11. The summed E-state index contributed by atoms with van der Waals surface area (Å²) in [6, 6.07) is 5.46. The molecule has 1 heterocycles. The number of carbonyl (C=O) groups excluding carboxylic acids is 2. The standard InChI is InChI=1S/C17H20N2O4/c1-11(5-8-15(20)18-22)10-17(2)16(21)13-7-6-12(19(3)4)9-14(13)23-17/h5-10,22H,1-4H3,(H,18,20)/b8-5+,11-10+. The normalized spacial score (nSPS) is 20.4. The zero-order chi connectivity index (χ0) is 17.2. The molecule has 6 nitrogen and oxygen atoms in total. The van der Waals surface area contributed by atoms with Crippen LogP contribution in [0, 0.1) is 0 Å². The summed E-state index contributed by atoms with van der Waals surface area (Å²) in [6.07, 6.45) is 4.33. The lowest BCUT2D eigenvalue weighted by atomic mass is 9.95. The number of ketones is 1. The molecule has 1 aliphatic rings. The molecular weight excluding hydrogens is 296 g/mol. The Labute approximate surface area is 135 Å². The van der Waals surface area contributed by atoms with Crippen LogP contribution in [0.4, 0.5) is 5.69 Å². The quantitative estimate of drug-likeness (QED) is 0.385. The van der Waals surface area contributed by atoms with Crippen molar-refractivity contribution in [3.8, 4) is 5.75 Å². The summed E-state index contributed by atoms with van der Waals surface area (Å²) in [5, 5.41) is 8.46. The third kappa shape index (κ3) is 3.43. The Kier molecular flexibility index (Phi) is 4.56. The van der Waals surface area contributed by atoms with Crippen molar-refractivity contribution in [1.29, 1.82) is 0 Å². The second-order valence-corrected chi connectivity index (χ2v) is 5.81. The smallest absolute Gasteiger partial charge is 0.267 e. The van der Waals surface area contributed by atoms with E-state index < -0.39 is 11.5 Å². The van der Waals surface area contributed by atoms with E-state index in [1.165, 1.54) is 17.6 Å². The molecule has 1 unspecified atom stereocenters. The highest BCUT2D eigenvalue weighted by atomic mass is 16.5. The van der Waals surface area contributed by atoms with Gasteiger partial charge in [0.1, 0.15) is 5.75 Å². The van der Waals surface area contributed by atoms with Crippen LogP contribution in [0.1, 0.15) is 24.2 Å².